The number of rotatable bonds is 1. The Balaban J connectivity index is 2.95. The van der Waals surface area contributed by atoms with Gasteiger partial charge in [0.1, 0.15) is 5.84 Å². The van der Waals surface area contributed by atoms with Gasteiger partial charge >= 0.3 is 5.97 Å². The fourth-order valence-corrected chi connectivity index (χ4v) is 0.939. The van der Waals surface area contributed by atoms with Crippen molar-refractivity contribution in [1.29, 1.82) is 5.41 Å². The summed E-state index contributed by atoms with van der Waals surface area (Å²) >= 11 is 0. The molecule has 0 fully saturated rings. The molecule has 0 unspecified atom stereocenters. The zero-order valence-corrected chi connectivity index (χ0v) is 8.20. The van der Waals surface area contributed by atoms with Crippen LogP contribution in [-0.4, -0.2) is 18.9 Å². The van der Waals surface area contributed by atoms with E-state index in [4.69, 9.17) is 11.1 Å². The summed E-state index contributed by atoms with van der Waals surface area (Å²) < 4.78 is 4.37. The summed E-state index contributed by atoms with van der Waals surface area (Å²) in [5, 5.41) is 7.22. The molecule has 0 aliphatic heterocycles. The van der Waals surface area contributed by atoms with Crippen molar-refractivity contribution in [2.24, 2.45) is 5.73 Å². The summed E-state index contributed by atoms with van der Waals surface area (Å²) in [6.07, 6.45) is 0. The van der Waals surface area contributed by atoms with Crippen molar-refractivity contribution in [3.05, 3.63) is 35.4 Å². The number of esters is 1. The minimum absolute atomic E-state index is 0.0308. The molecule has 0 radical (unpaired) electrons. The van der Waals surface area contributed by atoms with E-state index in [0.717, 1.165) is 0 Å². The zero-order chi connectivity index (χ0) is 11.3. The monoisotopic (exact) mass is 202 g/mol. The molecule has 0 saturated carbocycles. The van der Waals surface area contributed by atoms with E-state index in [0.29, 0.717) is 11.1 Å². The zero-order valence-electron chi connectivity index (χ0n) is 8.20. The second-order valence-electron chi connectivity index (χ2n) is 2.74. The molecule has 0 amide bonds. The highest BCUT2D eigenvalue weighted by Crippen LogP contribution is 2.02. The first kappa shape index (κ1) is 10.8. The molecule has 1 rings (SSSR count). The van der Waals surface area contributed by atoms with Gasteiger partial charge in [0.15, 0.2) is 0 Å². The normalized spacial score (nSPS) is 8.60. The predicted octanol–water partition coefficient (Wildman–Crippen LogP) is 0.495. The van der Waals surface area contributed by atoms with E-state index in [-0.39, 0.29) is 5.84 Å². The second-order valence-corrected chi connectivity index (χ2v) is 2.74. The number of benzene rings is 1. The molecule has 0 atom stereocenters. The molecule has 4 nitrogen and oxygen atoms in total. The SMILES string of the molecule is COC(=O)C#Cc1cccc(C(=N)N)c1. The first-order chi connectivity index (χ1) is 7.13. The highest BCUT2D eigenvalue weighted by Gasteiger charge is 1.96. The predicted molar refractivity (Wildman–Crippen MR) is 56.4 cm³/mol. The highest BCUT2D eigenvalue weighted by molar-refractivity contribution is 5.95. The summed E-state index contributed by atoms with van der Waals surface area (Å²) in [7, 11) is 1.27. The Morgan fingerprint density at radius 2 is 2.27 bits per heavy atom. The van der Waals surface area contributed by atoms with Gasteiger partial charge < -0.3 is 10.5 Å². The number of nitrogens with one attached hydrogen (secondary N) is 1. The average molecular weight is 202 g/mol. The van der Waals surface area contributed by atoms with E-state index < -0.39 is 5.97 Å². The fourth-order valence-electron chi connectivity index (χ4n) is 0.939. The largest absolute Gasteiger partial charge is 0.459 e. The molecule has 0 spiro atoms. The van der Waals surface area contributed by atoms with Crippen molar-refractivity contribution in [3.8, 4) is 11.8 Å². The number of nitrogens with two attached hydrogens (primary N) is 1. The van der Waals surface area contributed by atoms with Crippen LogP contribution in [0.4, 0.5) is 0 Å². The maximum absolute atomic E-state index is 10.7. The smallest absolute Gasteiger partial charge is 0.384 e. The Morgan fingerprint density at radius 1 is 1.53 bits per heavy atom. The van der Waals surface area contributed by atoms with Gasteiger partial charge in [-0.15, -0.1) is 0 Å². The molecule has 1 aromatic carbocycles. The third-order valence-corrected chi connectivity index (χ3v) is 1.67. The molecule has 0 aliphatic rings. The van der Waals surface area contributed by atoms with Gasteiger partial charge in [0, 0.05) is 17.0 Å². The van der Waals surface area contributed by atoms with Crippen LogP contribution in [-0.2, 0) is 9.53 Å². The number of amidine groups is 1. The number of hydrogen-bond acceptors (Lipinski definition) is 3. The van der Waals surface area contributed by atoms with Crippen LogP contribution in [0.1, 0.15) is 11.1 Å². The fraction of sp³-hybridized carbons (Fsp3) is 0.0909. The molecule has 1 aromatic rings. The Morgan fingerprint density at radius 3 is 2.87 bits per heavy atom. The Kier molecular flexibility index (Phi) is 3.47. The van der Waals surface area contributed by atoms with Gasteiger partial charge in [0.2, 0.25) is 0 Å². The first-order valence-electron chi connectivity index (χ1n) is 4.18. The molecule has 15 heavy (non-hydrogen) atoms. The number of carbonyl (C=O) groups excluding carboxylic acids is 1. The molecular formula is C11H10N2O2. The van der Waals surface area contributed by atoms with Gasteiger partial charge in [0.25, 0.3) is 0 Å². The van der Waals surface area contributed by atoms with Crippen LogP contribution in [0.5, 0.6) is 0 Å². The molecule has 3 N–H and O–H groups in total. The number of ether oxygens (including phenoxy) is 1. The van der Waals surface area contributed by atoms with Crippen molar-refractivity contribution in [2.75, 3.05) is 7.11 Å². The van der Waals surface area contributed by atoms with Gasteiger partial charge in [-0.3, -0.25) is 5.41 Å². The van der Waals surface area contributed by atoms with Gasteiger partial charge in [-0.1, -0.05) is 18.1 Å². The number of nitrogen functional groups attached to an aromatic ring is 1. The molecule has 0 saturated heterocycles. The van der Waals surface area contributed by atoms with Gasteiger partial charge in [-0.05, 0) is 12.1 Å². The van der Waals surface area contributed by atoms with Crippen molar-refractivity contribution in [3.63, 3.8) is 0 Å². The molecular weight excluding hydrogens is 192 g/mol. The quantitative estimate of drug-likeness (QED) is 0.301. The Labute approximate surface area is 87.6 Å². The van der Waals surface area contributed by atoms with E-state index in [2.05, 4.69) is 16.6 Å². The van der Waals surface area contributed by atoms with E-state index in [1.807, 2.05) is 0 Å². The maximum Gasteiger partial charge on any atom is 0.384 e. The topological polar surface area (TPSA) is 76.2 Å². The Bertz CT molecular complexity index is 455. The third kappa shape index (κ3) is 3.16. The number of methoxy groups -OCH3 is 1. The lowest BCUT2D eigenvalue weighted by Crippen LogP contribution is -2.10. The summed E-state index contributed by atoms with van der Waals surface area (Å²) in [5.74, 6) is 4.28. The Hall–Kier alpha value is -2.28. The van der Waals surface area contributed by atoms with Gasteiger partial charge in [-0.25, -0.2) is 4.79 Å². The van der Waals surface area contributed by atoms with Gasteiger partial charge in [0.05, 0.1) is 7.11 Å². The molecule has 0 aliphatic carbocycles. The lowest BCUT2D eigenvalue weighted by molar-refractivity contribution is -0.133. The lowest BCUT2D eigenvalue weighted by atomic mass is 10.1. The summed E-state index contributed by atoms with van der Waals surface area (Å²) in [5.41, 5.74) is 6.50. The minimum Gasteiger partial charge on any atom is -0.459 e. The second kappa shape index (κ2) is 4.82. The summed E-state index contributed by atoms with van der Waals surface area (Å²) in [6, 6.07) is 6.78. The minimum atomic E-state index is -0.594. The summed E-state index contributed by atoms with van der Waals surface area (Å²) in [4.78, 5) is 10.7. The van der Waals surface area contributed by atoms with E-state index in [1.165, 1.54) is 7.11 Å². The standard InChI is InChI=1S/C11H10N2O2/c1-15-10(14)6-5-8-3-2-4-9(7-8)11(12)13/h2-4,7H,1H3,(H3,12,13). The van der Waals surface area contributed by atoms with Crippen LogP contribution in [0.25, 0.3) is 0 Å². The van der Waals surface area contributed by atoms with E-state index in [1.54, 1.807) is 24.3 Å². The van der Waals surface area contributed by atoms with Crippen LogP contribution in [0.15, 0.2) is 24.3 Å². The van der Waals surface area contributed by atoms with E-state index in [9.17, 15) is 4.79 Å². The maximum atomic E-state index is 10.7. The van der Waals surface area contributed by atoms with Gasteiger partial charge in [-0.2, -0.15) is 0 Å². The van der Waals surface area contributed by atoms with Crippen LogP contribution >= 0.6 is 0 Å². The molecule has 0 heterocycles. The van der Waals surface area contributed by atoms with E-state index >= 15 is 0 Å². The van der Waals surface area contributed by atoms with Crippen molar-refractivity contribution in [2.45, 2.75) is 0 Å². The lowest BCUT2D eigenvalue weighted by Gasteiger charge is -1.97. The van der Waals surface area contributed by atoms with Crippen LogP contribution in [0, 0.1) is 17.3 Å². The number of carbonyl (C=O) groups is 1. The number of hydrogen-bond donors (Lipinski definition) is 2. The van der Waals surface area contributed by atoms with Crippen LogP contribution < -0.4 is 5.73 Å². The van der Waals surface area contributed by atoms with Crippen molar-refractivity contribution < 1.29 is 9.53 Å². The molecule has 4 heteroatoms. The van der Waals surface area contributed by atoms with Crippen LogP contribution in [0.3, 0.4) is 0 Å². The average Bonchev–Trinajstić information content (AvgIpc) is 2.26. The molecule has 0 aromatic heterocycles. The van der Waals surface area contributed by atoms with Crippen molar-refractivity contribution in [1.82, 2.24) is 0 Å². The van der Waals surface area contributed by atoms with Crippen molar-refractivity contribution >= 4 is 11.8 Å². The first-order valence-corrected chi connectivity index (χ1v) is 4.18. The summed E-state index contributed by atoms with van der Waals surface area (Å²) in [6.45, 7) is 0. The third-order valence-electron chi connectivity index (χ3n) is 1.67. The molecule has 0 bridgehead atoms. The highest BCUT2D eigenvalue weighted by atomic mass is 16.5. The molecule has 76 valence electrons. The van der Waals surface area contributed by atoms with Crippen LogP contribution in [0.2, 0.25) is 0 Å².